The molecule has 0 radical (unpaired) electrons. The van der Waals surface area contributed by atoms with E-state index >= 15 is 0 Å². The lowest BCUT2D eigenvalue weighted by Gasteiger charge is -2.22. The minimum atomic E-state index is -0.146. The van der Waals surface area contributed by atoms with E-state index in [1.165, 1.54) is 18.2 Å². The van der Waals surface area contributed by atoms with Gasteiger partial charge in [0.25, 0.3) is 0 Å². The Labute approximate surface area is 173 Å². The third-order valence-corrected chi connectivity index (χ3v) is 4.64. The van der Waals surface area contributed by atoms with Crippen molar-refractivity contribution in [2.45, 2.75) is 27.0 Å². The normalized spacial score (nSPS) is 19.8. The van der Waals surface area contributed by atoms with Crippen molar-refractivity contribution in [3.05, 3.63) is 35.4 Å². The first-order valence-electron chi connectivity index (χ1n) is 8.78. The van der Waals surface area contributed by atoms with Gasteiger partial charge in [-0.3, -0.25) is 9.79 Å². The SMILES string of the molecule is CCOCc1ccccc1CNC(=NC)N1CC(C)C(C(=O)OC)C1.I. The van der Waals surface area contributed by atoms with E-state index < -0.39 is 0 Å². The maximum Gasteiger partial charge on any atom is 0.310 e. The zero-order chi connectivity index (χ0) is 18.2. The quantitative estimate of drug-likeness (QED) is 0.297. The molecule has 0 saturated carbocycles. The number of guanidine groups is 1. The second-order valence-corrected chi connectivity index (χ2v) is 6.32. The maximum absolute atomic E-state index is 11.9. The number of rotatable bonds is 6. The van der Waals surface area contributed by atoms with Gasteiger partial charge >= 0.3 is 5.97 Å². The lowest BCUT2D eigenvalue weighted by Crippen LogP contribution is -2.40. The molecule has 26 heavy (non-hydrogen) atoms. The van der Waals surface area contributed by atoms with Crippen molar-refractivity contribution < 1.29 is 14.3 Å². The number of carbonyl (C=O) groups excluding carboxylic acids is 1. The number of hydrogen-bond acceptors (Lipinski definition) is 4. The third kappa shape index (κ3) is 5.84. The largest absolute Gasteiger partial charge is 0.469 e. The first-order chi connectivity index (χ1) is 12.1. The van der Waals surface area contributed by atoms with Gasteiger partial charge in [-0.2, -0.15) is 0 Å². The first-order valence-corrected chi connectivity index (χ1v) is 8.78. The van der Waals surface area contributed by atoms with Crippen LogP contribution in [-0.2, 0) is 27.4 Å². The van der Waals surface area contributed by atoms with E-state index in [4.69, 9.17) is 9.47 Å². The topological polar surface area (TPSA) is 63.2 Å². The molecule has 0 amide bonds. The van der Waals surface area contributed by atoms with Crippen LogP contribution in [0.5, 0.6) is 0 Å². The summed E-state index contributed by atoms with van der Waals surface area (Å²) in [6, 6.07) is 8.23. The molecular weight excluding hydrogens is 445 g/mol. The number of benzene rings is 1. The molecule has 0 aliphatic carbocycles. The van der Waals surface area contributed by atoms with Gasteiger partial charge in [0.2, 0.25) is 0 Å². The Morgan fingerprint density at radius 2 is 2.00 bits per heavy atom. The van der Waals surface area contributed by atoms with Gasteiger partial charge < -0.3 is 19.7 Å². The van der Waals surface area contributed by atoms with Crippen LogP contribution in [0.25, 0.3) is 0 Å². The Kier molecular flexibility index (Phi) is 9.93. The molecule has 2 unspecified atom stereocenters. The molecule has 1 saturated heterocycles. The van der Waals surface area contributed by atoms with Crippen LogP contribution in [0, 0.1) is 11.8 Å². The number of hydrogen-bond donors (Lipinski definition) is 1. The van der Waals surface area contributed by atoms with Crippen LogP contribution in [0.2, 0.25) is 0 Å². The zero-order valence-corrected chi connectivity index (χ0v) is 18.4. The summed E-state index contributed by atoms with van der Waals surface area (Å²) in [5.74, 6) is 0.807. The van der Waals surface area contributed by atoms with Crippen molar-refractivity contribution in [3.8, 4) is 0 Å². The molecule has 0 bridgehead atoms. The van der Waals surface area contributed by atoms with Crippen LogP contribution in [0.4, 0.5) is 0 Å². The number of halogens is 1. The molecule has 2 atom stereocenters. The molecule has 1 N–H and O–H groups in total. The average molecular weight is 475 g/mol. The molecule has 1 aromatic carbocycles. The number of esters is 1. The molecule has 2 rings (SSSR count). The molecular formula is C19H30IN3O3. The van der Waals surface area contributed by atoms with Gasteiger partial charge in [0.05, 0.1) is 19.6 Å². The number of likely N-dealkylation sites (tertiary alicyclic amines) is 1. The lowest BCUT2D eigenvalue weighted by molar-refractivity contribution is -0.145. The summed E-state index contributed by atoms with van der Waals surface area (Å²) in [5, 5.41) is 3.41. The number of methoxy groups -OCH3 is 1. The van der Waals surface area contributed by atoms with Crippen molar-refractivity contribution in [1.82, 2.24) is 10.2 Å². The highest BCUT2D eigenvalue weighted by Gasteiger charge is 2.36. The highest BCUT2D eigenvalue weighted by molar-refractivity contribution is 14.0. The summed E-state index contributed by atoms with van der Waals surface area (Å²) >= 11 is 0. The second-order valence-electron chi connectivity index (χ2n) is 6.32. The van der Waals surface area contributed by atoms with E-state index in [2.05, 4.69) is 34.3 Å². The summed E-state index contributed by atoms with van der Waals surface area (Å²) in [7, 11) is 3.21. The maximum atomic E-state index is 11.9. The van der Waals surface area contributed by atoms with Crippen LogP contribution < -0.4 is 5.32 Å². The fourth-order valence-electron chi connectivity index (χ4n) is 3.19. The van der Waals surface area contributed by atoms with E-state index in [1.54, 1.807) is 7.05 Å². The van der Waals surface area contributed by atoms with Crippen molar-refractivity contribution >= 4 is 35.9 Å². The van der Waals surface area contributed by atoms with Gasteiger partial charge in [0.15, 0.2) is 5.96 Å². The third-order valence-electron chi connectivity index (χ3n) is 4.64. The standard InChI is InChI=1S/C19H29N3O3.HI/c1-5-25-13-16-9-7-6-8-15(16)10-21-19(20-3)22-11-14(2)17(12-22)18(23)24-4;/h6-9,14,17H,5,10-13H2,1-4H3,(H,20,21);1H. The van der Waals surface area contributed by atoms with E-state index in [0.717, 1.165) is 12.5 Å². The van der Waals surface area contributed by atoms with Crippen molar-refractivity contribution in [1.29, 1.82) is 0 Å². The smallest absolute Gasteiger partial charge is 0.310 e. The molecule has 146 valence electrons. The van der Waals surface area contributed by atoms with Gasteiger partial charge in [-0.1, -0.05) is 31.2 Å². The molecule has 0 aromatic heterocycles. The Bertz CT molecular complexity index is 609. The molecule has 1 aliphatic heterocycles. The summed E-state index contributed by atoms with van der Waals surface area (Å²) in [6.07, 6.45) is 0. The van der Waals surface area contributed by atoms with Crippen molar-refractivity contribution in [2.75, 3.05) is 33.9 Å². The van der Waals surface area contributed by atoms with Crippen LogP contribution >= 0.6 is 24.0 Å². The Morgan fingerprint density at radius 3 is 2.62 bits per heavy atom. The molecule has 1 heterocycles. The van der Waals surface area contributed by atoms with Gasteiger partial charge in [-0.05, 0) is 24.0 Å². The minimum Gasteiger partial charge on any atom is -0.469 e. The Balaban J connectivity index is 0.00000338. The minimum absolute atomic E-state index is 0. The predicted octanol–water partition coefficient (Wildman–Crippen LogP) is 2.66. The highest BCUT2D eigenvalue weighted by Crippen LogP contribution is 2.24. The second kappa shape index (κ2) is 11.4. The van der Waals surface area contributed by atoms with E-state index in [-0.39, 0.29) is 41.8 Å². The molecule has 6 nitrogen and oxygen atoms in total. The predicted molar refractivity (Wildman–Crippen MR) is 114 cm³/mol. The van der Waals surface area contributed by atoms with Crippen molar-refractivity contribution in [2.24, 2.45) is 16.8 Å². The molecule has 1 aliphatic rings. The first kappa shape index (κ1) is 22.7. The number of nitrogens with zero attached hydrogens (tertiary/aromatic N) is 2. The van der Waals surface area contributed by atoms with Crippen LogP contribution in [0.15, 0.2) is 29.3 Å². The summed E-state index contributed by atoms with van der Waals surface area (Å²) in [4.78, 5) is 18.4. The molecule has 1 aromatic rings. The van der Waals surface area contributed by atoms with Gasteiger partial charge in [0, 0.05) is 33.3 Å². The monoisotopic (exact) mass is 475 g/mol. The fourth-order valence-corrected chi connectivity index (χ4v) is 3.19. The molecule has 7 heteroatoms. The van der Waals surface area contributed by atoms with Crippen LogP contribution in [-0.4, -0.2) is 50.7 Å². The average Bonchev–Trinajstić information content (AvgIpc) is 3.02. The number of aliphatic imine (C=N–C) groups is 1. The Morgan fingerprint density at radius 1 is 1.31 bits per heavy atom. The van der Waals surface area contributed by atoms with Crippen molar-refractivity contribution in [3.63, 3.8) is 0 Å². The van der Waals surface area contributed by atoms with E-state index in [0.29, 0.717) is 26.3 Å². The fraction of sp³-hybridized carbons (Fsp3) is 0.579. The molecule has 1 fully saturated rings. The zero-order valence-electron chi connectivity index (χ0n) is 16.0. The number of nitrogens with one attached hydrogen (secondary N) is 1. The van der Waals surface area contributed by atoms with Crippen LogP contribution in [0.3, 0.4) is 0 Å². The summed E-state index contributed by atoms with van der Waals surface area (Å²) < 4.78 is 10.4. The summed E-state index contributed by atoms with van der Waals surface area (Å²) in [6.45, 7) is 7.47. The van der Waals surface area contributed by atoms with Crippen LogP contribution in [0.1, 0.15) is 25.0 Å². The highest BCUT2D eigenvalue weighted by atomic mass is 127. The van der Waals surface area contributed by atoms with E-state index in [1.807, 2.05) is 19.1 Å². The Hall–Kier alpha value is -1.35. The van der Waals surface area contributed by atoms with Gasteiger partial charge in [-0.25, -0.2) is 0 Å². The number of carbonyl (C=O) groups is 1. The van der Waals surface area contributed by atoms with Gasteiger partial charge in [0.1, 0.15) is 0 Å². The lowest BCUT2D eigenvalue weighted by atomic mass is 9.99. The summed E-state index contributed by atoms with van der Waals surface area (Å²) in [5.41, 5.74) is 2.36. The number of ether oxygens (including phenoxy) is 2. The van der Waals surface area contributed by atoms with Gasteiger partial charge in [-0.15, -0.1) is 24.0 Å². The molecule has 0 spiro atoms. The van der Waals surface area contributed by atoms with E-state index in [9.17, 15) is 4.79 Å².